The summed E-state index contributed by atoms with van der Waals surface area (Å²) in [7, 11) is 0. The van der Waals surface area contributed by atoms with Crippen LogP contribution in [-0.4, -0.2) is 27.7 Å². The predicted octanol–water partition coefficient (Wildman–Crippen LogP) is 0.675. The molecule has 1 aliphatic carbocycles. The molecule has 0 aromatic heterocycles. The van der Waals surface area contributed by atoms with E-state index < -0.39 is 17.0 Å². The lowest BCUT2D eigenvalue weighted by atomic mass is 9.78. The van der Waals surface area contributed by atoms with Crippen molar-refractivity contribution in [2.75, 3.05) is 6.61 Å². The molecule has 0 fully saturated rings. The van der Waals surface area contributed by atoms with Gasteiger partial charge in [0.2, 0.25) is 5.78 Å². The van der Waals surface area contributed by atoms with Crippen molar-refractivity contribution in [3.63, 3.8) is 0 Å². The molecule has 1 aliphatic rings. The number of rotatable bonds is 1. The van der Waals surface area contributed by atoms with Gasteiger partial charge in [0, 0.05) is 24.9 Å². The highest BCUT2D eigenvalue weighted by Gasteiger charge is 2.36. The average molecular weight is 172 g/mol. The Labute approximate surface area is 70.1 Å². The lowest BCUT2D eigenvalue weighted by Crippen LogP contribution is -2.31. The summed E-state index contributed by atoms with van der Waals surface area (Å²) in [6, 6.07) is 0. The molecule has 0 saturated carbocycles. The molecular weight excluding hydrogens is 160 g/mol. The number of Topliss-reactive ketones (excluding diaryl/α,β-unsaturated/α-hetero) is 1. The van der Waals surface area contributed by atoms with Crippen molar-refractivity contribution in [2.45, 2.75) is 19.8 Å². The molecule has 0 aromatic carbocycles. The quantitative estimate of drug-likeness (QED) is 0.543. The number of hydrogen-bond donors (Lipinski definition) is 3. The second kappa shape index (κ2) is 2.79. The van der Waals surface area contributed by atoms with Gasteiger partial charge in [0.1, 0.15) is 5.76 Å². The number of aliphatic hydroxyl groups excluding tert-OH is 3. The summed E-state index contributed by atoms with van der Waals surface area (Å²) >= 11 is 0. The van der Waals surface area contributed by atoms with Crippen molar-refractivity contribution in [2.24, 2.45) is 5.41 Å². The lowest BCUT2D eigenvalue weighted by Gasteiger charge is -2.29. The second-order valence-corrected chi connectivity index (χ2v) is 3.54. The zero-order chi connectivity index (χ0) is 9.35. The zero-order valence-electron chi connectivity index (χ0n) is 6.87. The van der Waals surface area contributed by atoms with Crippen LogP contribution in [-0.2, 0) is 4.79 Å². The van der Waals surface area contributed by atoms with Gasteiger partial charge in [0.15, 0.2) is 5.76 Å². The van der Waals surface area contributed by atoms with Gasteiger partial charge in [-0.3, -0.25) is 4.79 Å². The van der Waals surface area contributed by atoms with E-state index in [0.29, 0.717) is 0 Å². The Hall–Kier alpha value is -1.03. The van der Waals surface area contributed by atoms with Crippen LogP contribution >= 0.6 is 0 Å². The number of carbonyl (C=O) groups is 1. The number of hydrogen-bond acceptors (Lipinski definition) is 4. The first-order chi connectivity index (χ1) is 5.48. The minimum absolute atomic E-state index is 0.0827. The van der Waals surface area contributed by atoms with Gasteiger partial charge >= 0.3 is 0 Å². The van der Waals surface area contributed by atoms with E-state index in [4.69, 9.17) is 15.3 Å². The van der Waals surface area contributed by atoms with Gasteiger partial charge in [0.25, 0.3) is 0 Å². The molecule has 4 heteroatoms. The first kappa shape index (κ1) is 9.06. The van der Waals surface area contributed by atoms with Crippen LogP contribution in [0.15, 0.2) is 11.5 Å². The molecule has 0 saturated heterocycles. The van der Waals surface area contributed by atoms with Crippen molar-refractivity contribution in [3.05, 3.63) is 11.5 Å². The number of aliphatic hydroxyl groups is 3. The third-order valence-electron chi connectivity index (χ3n) is 2.10. The molecule has 3 N–H and O–H groups in total. The van der Waals surface area contributed by atoms with E-state index in [1.807, 2.05) is 0 Å². The molecule has 68 valence electrons. The maximum absolute atomic E-state index is 11.0. The third-order valence-corrected chi connectivity index (χ3v) is 2.10. The molecule has 1 rings (SSSR count). The minimum atomic E-state index is -0.618. The van der Waals surface area contributed by atoms with Crippen LogP contribution in [0.5, 0.6) is 0 Å². The van der Waals surface area contributed by atoms with Crippen LogP contribution in [0.4, 0.5) is 0 Å². The van der Waals surface area contributed by atoms with Gasteiger partial charge in [-0.25, -0.2) is 0 Å². The van der Waals surface area contributed by atoms with Crippen LogP contribution in [0.2, 0.25) is 0 Å². The standard InChI is InChI=1S/C8H12O4/c1-8(4-9)2-5(10)7(12)6(11)3-8/h9-10,12H,2-4H2,1H3. The molecular formula is C8H12O4. The fraction of sp³-hybridized carbons (Fsp3) is 0.625. The number of carbonyl (C=O) groups excluding carboxylic acids is 1. The number of ketones is 1. The van der Waals surface area contributed by atoms with Gasteiger partial charge < -0.3 is 15.3 Å². The van der Waals surface area contributed by atoms with Gasteiger partial charge in [-0.05, 0) is 0 Å². The van der Waals surface area contributed by atoms with Crippen molar-refractivity contribution in [3.8, 4) is 0 Å². The van der Waals surface area contributed by atoms with Crippen molar-refractivity contribution in [1.82, 2.24) is 0 Å². The second-order valence-electron chi connectivity index (χ2n) is 3.54. The molecule has 4 nitrogen and oxygen atoms in total. The highest BCUT2D eigenvalue weighted by molar-refractivity contribution is 5.94. The van der Waals surface area contributed by atoms with E-state index >= 15 is 0 Å². The molecule has 0 heterocycles. The Morgan fingerprint density at radius 1 is 1.42 bits per heavy atom. The summed E-state index contributed by atoms with van der Waals surface area (Å²) in [5, 5.41) is 27.0. The Kier molecular flexibility index (Phi) is 2.10. The van der Waals surface area contributed by atoms with Gasteiger partial charge in [-0.1, -0.05) is 6.92 Å². The predicted molar refractivity (Wildman–Crippen MR) is 41.7 cm³/mol. The molecule has 0 amide bonds. The molecule has 12 heavy (non-hydrogen) atoms. The lowest BCUT2D eigenvalue weighted by molar-refractivity contribution is -0.122. The molecule has 0 aromatic rings. The van der Waals surface area contributed by atoms with Gasteiger partial charge in [0.05, 0.1) is 0 Å². The summed E-state index contributed by atoms with van der Waals surface area (Å²) in [4.78, 5) is 11.0. The first-order valence-corrected chi connectivity index (χ1v) is 3.74. The molecule has 0 radical (unpaired) electrons. The highest BCUT2D eigenvalue weighted by atomic mass is 16.3. The fourth-order valence-electron chi connectivity index (χ4n) is 1.29. The summed E-state index contributed by atoms with van der Waals surface area (Å²) < 4.78 is 0. The maximum Gasteiger partial charge on any atom is 0.201 e. The SMILES string of the molecule is CC1(CO)CC(=O)C(O)=C(O)C1. The van der Waals surface area contributed by atoms with E-state index in [1.54, 1.807) is 6.92 Å². The molecule has 1 unspecified atom stereocenters. The van der Waals surface area contributed by atoms with E-state index in [0.717, 1.165) is 0 Å². The van der Waals surface area contributed by atoms with E-state index in [-0.39, 0.29) is 25.2 Å². The van der Waals surface area contributed by atoms with E-state index in [9.17, 15) is 4.79 Å². The summed E-state index contributed by atoms with van der Waals surface area (Å²) in [6.07, 6.45) is 0.237. The van der Waals surface area contributed by atoms with Crippen LogP contribution in [0.25, 0.3) is 0 Å². The fourth-order valence-corrected chi connectivity index (χ4v) is 1.29. The van der Waals surface area contributed by atoms with Crippen LogP contribution in [0.1, 0.15) is 19.8 Å². The smallest absolute Gasteiger partial charge is 0.201 e. The average Bonchev–Trinajstić information content (AvgIpc) is 2.00. The van der Waals surface area contributed by atoms with Crippen LogP contribution < -0.4 is 0 Å². The molecule has 0 bridgehead atoms. The molecule has 0 aliphatic heterocycles. The monoisotopic (exact) mass is 172 g/mol. The highest BCUT2D eigenvalue weighted by Crippen LogP contribution is 2.34. The Morgan fingerprint density at radius 3 is 2.42 bits per heavy atom. The maximum atomic E-state index is 11.0. The first-order valence-electron chi connectivity index (χ1n) is 3.74. The Bertz CT molecular complexity index is 243. The summed E-state index contributed by atoms with van der Waals surface area (Å²) in [5.41, 5.74) is -0.618. The van der Waals surface area contributed by atoms with E-state index in [1.165, 1.54) is 0 Å². The summed E-state index contributed by atoms with van der Waals surface area (Å²) in [5.74, 6) is -1.38. The Morgan fingerprint density at radius 2 is 2.00 bits per heavy atom. The van der Waals surface area contributed by atoms with E-state index in [2.05, 4.69) is 0 Å². The topological polar surface area (TPSA) is 77.8 Å². The minimum Gasteiger partial charge on any atom is -0.508 e. The van der Waals surface area contributed by atoms with Gasteiger partial charge in [-0.15, -0.1) is 0 Å². The molecule has 1 atom stereocenters. The zero-order valence-corrected chi connectivity index (χ0v) is 6.87. The summed E-state index contributed by atoms with van der Waals surface area (Å²) in [6.45, 7) is 1.52. The third kappa shape index (κ3) is 1.43. The Balaban J connectivity index is 2.92. The largest absolute Gasteiger partial charge is 0.508 e. The van der Waals surface area contributed by atoms with Gasteiger partial charge in [-0.2, -0.15) is 0 Å². The molecule has 0 spiro atoms. The van der Waals surface area contributed by atoms with Crippen molar-refractivity contribution < 1.29 is 20.1 Å². The van der Waals surface area contributed by atoms with Crippen molar-refractivity contribution >= 4 is 5.78 Å². The van der Waals surface area contributed by atoms with Crippen LogP contribution in [0.3, 0.4) is 0 Å². The van der Waals surface area contributed by atoms with Crippen molar-refractivity contribution in [1.29, 1.82) is 0 Å². The number of allylic oxidation sites excluding steroid dienone is 2. The normalized spacial score (nSPS) is 31.0. The van der Waals surface area contributed by atoms with Crippen LogP contribution in [0, 0.1) is 5.41 Å².